The molecule has 1 aliphatic rings. The molecule has 0 unspecified atom stereocenters. The monoisotopic (exact) mass is 354 g/mol. The van der Waals surface area contributed by atoms with Crippen molar-refractivity contribution >= 4 is 32.3 Å². The standard InChI is InChI=1S/C27H30/c1-2-4-6-9-20(10-7-5-3-1)19-24-16-15-23-14-13-21-11-8-12-22-17-18-25(24)27(23)26(21)22/h8,11-18,20H,1-7,9-10,19H2. The Morgan fingerprint density at radius 1 is 0.556 bits per heavy atom. The van der Waals surface area contributed by atoms with E-state index in [1.807, 2.05) is 0 Å². The van der Waals surface area contributed by atoms with E-state index in [1.54, 1.807) is 5.56 Å². The number of benzene rings is 4. The fourth-order valence-electron chi connectivity index (χ4n) is 5.38. The molecule has 1 saturated carbocycles. The summed E-state index contributed by atoms with van der Waals surface area (Å²) in [4.78, 5) is 0. The lowest BCUT2D eigenvalue weighted by atomic mass is 9.84. The molecule has 0 aromatic heterocycles. The van der Waals surface area contributed by atoms with Crippen LogP contribution in [0.3, 0.4) is 0 Å². The van der Waals surface area contributed by atoms with Crippen LogP contribution in [0.25, 0.3) is 32.3 Å². The van der Waals surface area contributed by atoms with Crippen molar-refractivity contribution in [3.63, 3.8) is 0 Å². The van der Waals surface area contributed by atoms with E-state index in [0.717, 1.165) is 5.92 Å². The molecular formula is C27H30. The van der Waals surface area contributed by atoms with E-state index in [-0.39, 0.29) is 0 Å². The second kappa shape index (κ2) is 7.50. The minimum absolute atomic E-state index is 0.863. The van der Waals surface area contributed by atoms with Gasteiger partial charge in [-0.2, -0.15) is 0 Å². The highest BCUT2D eigenvalue weighted by Crippen LogP contribution is 2.37. The highest BCUT2D eigenvalue weighted by molar-refractivity contribution is 6.23. The summed E-state index contributed by atoms with van der Waals surface area (Å²) < 4.78 is 0. The van der Waals surface area contributed by atoms with E-state index in [2.05, 4.69) is 54.6 Å². The van der Waals surface area contributed by atoms with Crippen molar-refractivity contribution in [3.8, 4) is 0 Å². The minimum Gasteiger partial charge on any atom is -0.0610 e. The first kappa shape index (κ1) is 17.0. The van der Waals surface area contributed by atoms with E-state index in [1.165, 1.54) is 96.5 Å². The van der Waals surface area contributed by atoms with Crippen LogP contribution in [0.4, 0.5) is 0 Å². The van der Waals surface area contributed by atoms with E-state index >= 15 is 0 Å². The molecule has 0 amide bonds. The third-order valence-electron chi connectivity index (χ3n) is 6.85. The van der Waals surface area contributed by atoms with Gasteiger partial charge in [-0.1, -0.05) is 112 Å². The molecular weight excluding hydrogens is 324 g/mol. The minimum atomic E-state index is 0.863. The van der Waals surface area contributed by atoms with Crippen LogP contribution in [0, 0.1) is 5.92 Å². The predicted molar refractivity (Wildman–Crippen MR) is 119 cm³/mol. The van der Waals surface area contributed by atoms with Gasteiger partial charge in [0, 0.05) is 0 Å². The van der Waals surface area contributed by atoms with Gasteiger partial charge < -0.3 is 0 Å². The second-order valence-electron chi connectivity index (χ2n) is 8.70. The summed E-state index contributed by atoms with van der Waals surface area (Å²) in [5.74, 6) is 0.863. The van der Waals surface area contributed by atoms with E-state index in [0.29, 0.717) is 0 Å². The van der Waals surface area contributed by atoms with Crippen molar-refractivity contribution in [2.45, 2.75) is 64.2 Å². The molecule has 0 atom stereocenters. The molecule has 0 bridgehead atoms. The largest absolute Gasteiger partial charge is 0.0610 e. The third-order valence-corrected chi connectivity index (χ3v) is 6.85. The van der Waals surface area contributed by atoms with Crippen molar-refractivity contribution < 1.29 is 0 Å². The van der Waals surface area contributed by atoms with Gasteiger partial charge in [0.25, 0.3) is 0 Å². The van der Waals surface area contributed by atoms with Crippen molar-refractivity contribution in [1.29, 1.82) is 0 Å². The first-order chi connectivity index (χ1) is 13.4. The molecule has 0 nitrogen and oxygen atoms in total. The average molecular weight is 355 g/mol. The molecule has 0 radical (unpaired) electrons. The Bertz CT molecular complexity index is 1020. The number of hydrogen-bond acceptors (Lipinski definition) is 0. The maximum Gasteiger partial charge on any atom is -0.00240 e. The second-order valence-corrected chi connectivity index (χ2v) is 8.70. The lowest BCUT2D eigenvalue weighted by Crippen LogP contribution is -2.07. The smallest absolute Gasteiger partial charge is 0.00240 e. The highest BCUT2D eigenvalue weighted by atomic mass is 14.2. The summed E-state index contributed by atoms with van der Waals surface area (Å²) in [7, 11) is 0. The Labute approximate surface area is 162 Å². The molecule has 0 spiro atoms. The van der Waals surface area contributed by atoms with E-state index in [4.69, 9.17) is 0 Å². The summed E-state index contributed by atoms with van der Waals surface area (Å²) in [6.45, 7) is 0. The molecule has 0 heterocycles. The Balaban J connectivity index is 1.54. The topological polar surface area (TPSA) is 0 Å². The van der Waals surface area contributed by atoms with Crippen molar-refractivity contribution in [1.82, 2.24) is 0 Å². The first-order valence-corrected chi connectivity index (χ1v) is 11.1. The zero-order valence-electron chi connectivity index (χ0n) is 16.3. The van der Waals surface area contributed by atoms with E-state index in [9.17, 15) is 0 Å². The van der Waals surface area contributed by atoms with Crippen LogP contribution >= 0.6 is 0 Å². The lowest BCUT2D eigenvalue weighted by Gasteiger charge is -2.20. The van der Waals surface area contributed by atoms with Gasteiger partial charge in [0.2, 0.25) is 0 Å². The lowest BCUT2D eigenvalue weighted by molar-refractivity contribution is 0.387. The Morgan fingerprint density at radius 2 is 1.11 bits per heavy atom. The highest BCUT2D eigenvalue weighted by Gasteiger charge is 2.15. The SMILES string of the molecule is c1cc2ccc3ccc(CC4CCCCCCCCC4)c4ccc(c1)c2c34. The number of rotatable bonds is 2. The van der Waals surface area contributed by atoms with Crippen LogP contribution in [-0.4, -0.2) is 0 Å². The summed E-state index contributed by atoms with van der Waals surface area (Å²) in [5.41, 5.74) is 1.57. The molecule has 4 aromatic carbocycles. The Hall–Kier alpha value is -2.08. The molecule has 138 valence electrons. The molecule has 27 heavy (non-hydrogen) atoms. The van der Waals surface area contributed by atoms with Crippen LogP contribution in [-0.2, 0) is 6.42 Å². The van der Waals surface area contributed by atoms with Gasteiger partial charge >= 0.3 is 0 Å². The van der Waals surface area contributed by atoms with Gasteiger partial charge in [0.05, 0.1) is 0 Å². The normalized spacial score (nSPS) is 17.8. The summed E-state index contributed by atoms with van der Waals surface area (Å²) in [5, 5.41) is 8.59. The van der Waals surface area contributed by atoms with Crippen LogP contribution < -0.4 is 0 Å². The fourth-order valence-corrected chi connectivity index (χ4v) is 5.38. The summed E-state index contributed by atoms with van der Waals surface area (Å²) in [6.07, 6.45) is 14.2. The fraction of sp³-hybridized carbons (Fsp3) is 0.407. The summed E-state index contributed by atoms with van der Waals surface area (Å²) >= 11 is 0. The average Bonchev–Trinajstić information content (AvgIpc) is 2.72. The van der Waals surface area contributed by atoms with Crippen molar-refractivity contribution in [2.24, 2.45) is 5.92 Å². The molecule has 0 aliphatic heterocycles. The summed E-state index contributed by atoms with van der Waals surface area (Å²) in [6, 6.07) is 20.8. The molecule has 4 aromatic rings. The van der Waals surface area contributed by atoms with Crippen LogP contribution in [0.5, 0.6) is 0 Å². The molecule has 0 N–H and O–H groups in total. The molecule has 0 saturated heterocycles. The predicted octanol–water partition coefficient (Wildman–Crippen LogP) is 8.27. The third kappa shape index (κ3) is 3.31. The molecule has 1 fully saturated rings. The van der Waals surface area contributed by atoms with Crippen LogP contribution in [0.2, 0.25) is 0 Å². The first-order valence-electron chi connectivity index (χ1n) is 11.1. The van der Waals surface area contributed by atoms with Gasteiger partial charge in [-0.3, -0.25) is 0 Å². The van der Waals surface area contributed by atoms with Gasteiger partial charge in [-0.05, 0) is 50.2 Å². The van der Waals surface area contributed by atoms with Gasteiger partial charge in [-0.15, -0.1) is 0 Å². The maximum absolute atomic E-state index is 2.42. The number of hydrogen-bond donors (Lipinski definition) is 0. The zero-order valence-corrected chi connectivity index (χ0v) is 16.3. The van der Waals surface area contributed by atoms with Crippen LogP contribution in [0.15, 0.2) is 54.6 Å². The molecule has 5 rings (SSSR count). The maximum atomic E-state index is 2.42. The molecule has 1 aliphatic carbocycles. The van der Waals surface area contributed by atoms with Gasteiger partial charge in [0.1, 0.15) is 0 Å². The van der Waals surface area contributed by atoms with E-state index < -0.39 is 0 Å². The molecule has 0 heteroatoms. The Kier molecular flexibility index (Phi) is 4.74. The van der Waals surface area contributed by atoms with Crippen molar-refractivity contribution in [2.75, 3.05) is 0 Å². The van der Waals surface area contributed by atoms with Gasteiger partial charge in [-0.25, -0.2) is 0 Å². The van der Waals surface area contributed by atoms with Crippen LogP contribution in [0.1, 0.15) is 63.4 Å². The zero-order chi connectivity index (χ0) is 18.1. The Morgan fingerprint density at radius 3 is 1.81 bits per heavy atom. The quantitative estimate of drug-likeness (QED) is 0.318. The van der Waals surface area contributed by atoms with Gasteiger partial charge in [0.15, 0.2) is 0 Å². The van der Waals surface area contributed by atoms with Crippen molar-refractivity contribution in [3.05, 3.63) is 60.2 Å².